The van der Waals surface area contributed by atoms with Gasteiger partial charge >= 0.3 is 0 Å². The van der Waals surface area contributed by atoms with Crippen molar-refractivity contribution >= 4 is 17.6 Å². The summed E-state index contributed by atoms with van der Waals surface area (Å²) >= 11 is 1.81. The first-order valence-electron chi connectivity index (χ1n) is 5.07. The maximum Gasteiger partial charge on any atom is 0.173 e. The molecule has 4 nitrogen and oxygen atoms in total. The zero-order valence-corrected chi connectivity index (χ0v) is 10.0. The van der Waals surface area contributed by atoms with Crippen molar-refractivity contribution in [2.24, 2.45) is 10.9 Å². The molecule has 0 saturated heterocycles. The van der Waals surface area contributed by atoms with E-state index in [4.69, 9.17) is 15.7 Å². The van der Waals surface area contributed by atoms with Crippen molar-refractivity contribution < 1.29 is 9.94 Å². The highest BCUT2D eigenvalue weighted by atomic mass is 32.2. The summed E-state index contributed by atoms with van der Waals surface area (Å²) in [5.41, 5.74) is 6.16. The van der Waals surface area contributed by atoms with E-state index in [2.05, 4.69) is 12.1 Å². The summed E-state index contributed by atoms with van der Waals surface area (Å²) in [5, 5.41) is 11.6. The summed E-state index contributed by atoms with van der Waals surface area (Å²) in [4.78, 5) is 0. The average Bonchev–Trinajstić information content (AvgIpc) is 2.34. The molecular weight excluding hydrogens is 224 g/mol. The minimum absolute atomic E-state index is 0.0683. The third-order valence-corrected chi connectivity index (χ3v) is 2.82. The summed E-state index contributed by atoms with van der Waals surface area (Å²) in [7, 11) is 0. The highest BCUT2D eigenvalue weighted by Crippen LogP contribution is 2.17. The molecule has 1 rings (SSSR count). The van der Waals surface area contributed by atoms with Crippen molar-refractivity contribution in [2.75, 3.05) is 18.1 Å². The minimum Gasteiger partial charge on any atom is -0.492 e. The molecule has 0 aliphatic carbocycles. The summed E-state index contributed by atoms with van der Waals surface area (Å²) in [6.45, 7) is 2.73. The first-order valence-corrected chi connectivity index (χ1v) is 6.22. The molecule has 3 N–H and O–H groups in total. The molecule has 0 heterocycles. The van der Waals surface area contributed by atoms with Crippen LogP contribution in [0, 0.1) is 0 Å². The Kier molecular flexibility index (Phi) is 5.56. The SMILES string of the molecule is CCSCCOc1ccccc1/C(N)=N/O. The monoisotopic (exact) mass is 240 g/mol. The standard InChI is InChI=1S/C11H16N2O2S/c1-2-16-8-7-15-10-6-4-3-5-9(10)11(12)13-14/h3-6,14H,2,7-8H2,1H3,(H2,12,13). The van der Waals surface area contributed by atoms with E-state index < -0.39 is 0 Å². The molecule has 0 unspecified atom stereocenters. The van der Waals surface area contributed by atoms with E-state index in [-0.39, 0.29) is 5.84 Å². The molecule has 0 saturated carbocycles. The molecule has 1 aromatic rings. The Morgan fingerprint density at radius 2 is 2.25 bits per heavy atom. The molecule has 88 valence electrons. The van der Waals surface area contributed by atoms with Crippen LogP contribution in [0.5, 0.6) is 5.75 Å². The first kappa shape index (κ1) is 12.7. The van der Waals surface area contributed by atoms with Gasteiger partial charge in [-0.2, -0.15) is 11.8 Å². The maximum atomic E-state index is 8.63. The van der Waals surface area contributed by atoms with E-state index in [1.807, 2.05) is 30.0 Å². The van der Waals surface area contributed by atoms with E-state index in [0.717, 1.165) is 11.5 Å². The van der Waals surface area contributed by atoms with Crippen molar-refractivity contribution in [1.29, 1.82) is 0 Å². The second kappa shape index (κ2) is 7.00. The normalized spacial score (nSPS) is 11.4. The molecule has 0 aliphatic rings. The lowest BCUT2D eigenvalue weighted by atomic mass is 10.2. The average molecular weight is 240 g/mol. The zero-order chi connectivity index (χ0) is 11.8. The lowest BCUT2D eigenvalue weighted by molar-refractivity contribution is 0.317. The predicted octanol–water partition coefficient (Wildman–Crippen LogP) is 1.91. The van der Waals surface area contributed by atoms with Gasteiger partial charge in [0.1, 0.15) is 5.75 Å². The largest absolute Gasteiger partial charge is 0.492 e. The Bertz CT molecular complexity index is 356. The fourth-order valence-electron chi connectivity index (χ4n) is 1.21. The summed E-state index contributed by atoms with van der Waals surface area (Å²) in [6.07, 6.45) is 0. The molecule has 0 atom stereocenters. The van der Waals surface area contributed by atoms with Gasteiger partial charge in [-0.25, -0.2) is 0 Å². The first-order chi connectivity index (χ1) is 7.79. The van der Waals surface area contributed by atoms with E-state index >= 15 is 0 Å². The molecule has 0 aliphatic heterocycles. The number of amidine groups is 1. The van der Waals surface area contributed by atoms with Gasteiger partial charge in [0.15, 0.2) is 5.84 Å². The fourth-order valence-corrected chi connectivity index (χ4v) is 1.70. The Labute approximate surface area is 99.5 Å². The van der Waals surface area contributed by atoms with Gasteiger partial charge in [-0.15, -0.1) is 0 Å². The van der Waals surface area contributed by atoms with E-state index in [1.54, 1.807) is 6.07 Å². The van der Waals surface area contributed by atoms with Crippen LogP contribution in [0.2, 0.25) is 0 Å². The Morgan fingerprint density at radius 3 is 2.94 bits per heavy atom. The Hall–Kier alpha value is -1.36. The van der Waals surface area contributed by atoms with Gasteiger partial charge in [-0.05, 0) is 17.9 Å². The van der Waals surface area contributed by atoms with E-state index in [9.17, 15) is 0 Å². The van der Waals surface area contributed by atoms with Crippen molar-refractivity contribution in [2.45, 2.75) is 6.92 Å². The maximum absolute atomic E-state index is 8.63. The molecule has 0 radical (unpaired) electrons. The number of oxime groups is 1. The number of benzene rings is 1. The van der Waals surface area contributed by atoms with Gasteiger partial charge in [-0.3, -0.25) is 0 Å². The quantitative estimate of drug-likeness (QED) is 0.262. The molecule has 0 aromatic heterocycles. The molecule has 0 spiro atoms. The zero-order valence-electron chi connectivity index (χ0n) is 9.22. The van der Waals surface area contributed by atoms with Gasteiger partial charge in [0, 0.05) is 5.75 Å². The van der Waals surface area contributed by atoms with Crippen LogP contribution in [0.1, 0.15) is 12.5 Å². The molecule has 0 amide bonds. The third-order valence-electron chi connectivity index (χ3n) is 1.96. The minimum atomic E-state index is 0.0683. The molecular formula is C11H16N2O2S. The van der Waals surface area contributed by atoms with Crippen LogP contribution in [0.15, 0.2) is 29.4 Å². The van der Waals surface area contributed by atoms with Crippen molar-refractivity contribution in [1.82, 2.24) is 0 Å². The summed E-state index contributed by atoms with van der Waals surface area (Å²) in [6, 6.07) is 7.25. The van der Waals surface area contributed by atoms with Crippen LogP contribution in [0.3, 0.4) is 0 Å². The van der Waals surface area contributed by atoms with Crippen LogP contribution >= 0.6 is 11.8 Å². The van der Waals surface area contributed by atoms with Crippen molar-refractivity contribution in [3.63, 3.8) is 0 Å². The van der Waals surface area contributed by atoms with Crippen LogP contribution in [-0.2, 0) is 0 Å². The van der Waals surface area contributed by atoms with Crippen LogP contribution < -0.4 is 10.5 Å². The second-order valence-corrected chi connectivity index (χ2v) is 4.42. The van der Waals surface area contributed by atoms with Gasteiger partial charge in [-0.1, -0.05) is 24.2 Å². The van der Waals surface area contributed by atoms with E-state index in [1.165, 1.54) is 0 Å². The summed E-state index contributed by atoms with van der Waals surface area (Å²) in [5.74, 6) is 2.72. The number of rotatable bonds is 6. The van der Waals surface area contributed by atoms with Gasteiger partial charge in [0.25, 0.3) is 0 Å². The molecule has 1 aromatic carbocycles. The highest BCUT2D eigenvalue weighted by molar-refractivity contribution is 7.99. The van der Waals surface area contributed by atoms with Gasteiger partial charge in [0.2, 0.25) is 0 Å². The smallest absolute Gasteiger partial charge is 0.173 e. The lowest BCUT2D eigenvalue weighted by Gasteiger charge is -2.09. The topological polar surface area (TPSA) is 67.8 Å². The molecule has 16 heavy (non-hydrogen) atoms. The van der Waals surface area contributed by atoms with Gasteiger partial charge in [0.05, 0.1) is 12.2 Å². The second-order valence-electron chi connectivity index (χ2n) is 3.03. The third kappa shape index (κ3) is 3.66. The number of thioether (sulfide) groups is 1. The van der Waals surface area contributed by atoms with Crippen molar-refractivity contribution in [3.05, 3.63) is 29.8 Å². The van der Waals surface area contributed by atoms with Gasteiger partial charge < -0.3 is 15.7 Å². The number of nitrogens with two attached hydrogens (primary N) is 1. The number of ether oxygens (including phenoxy) is 1. The fraction of sp³-hybridized carbons (Fsp3) is 0.364. The van der Waals surface area contributed by atoms with E-state index in [0.29, 0.717) is 17.9 Å². The van der Waals surface area contributed by atoms with Crippen LogP contribution in [0.4, 0.5) is 0 Å². The van der Waals surface area contributed by atoms with Crippen LogP contribution in [-0.4, -0.2) is 29.2 Å². The van der Waals surface area contributed by atoms with Crippen molar-refractivity contribution in [3.8, 4) is 5.75 Å². The summed E-state index contributed by atoms with van der Waals surface area (Å²) < 4.78 is 5.57. The predicted molar refractivity (Wildman–Crippen MR) is 67.4 cm³/mol. The molecule has 0 fully saturated rings. The van der Waals surface area contributed by atoms with Crippen LogP contribution in [0.25, 0.3) is 0 Å². The lowest BCUT2D eigenvalue weighted by Crippen LogP contribution is -2.15. The Balaban J connectivity index is 2.64. The number of nitrogens with zero attached hydrogens (tertiary/aromatic N) is 1. The molecule has 5 heteroatoms. The number of hydrogen-bond donors (Lipinski definition) is 2. The molecule has 0 bridgehead atoms. The number of hydrogen-bond acceptors (Lipinski definition) is 4. The highest BCUT2D eigenvalue weighted by Gasteiger charge is 2.06. The number of para-hydroxylation sites is 1. The Morgan fingerprint density at radius 1 is 1.50 bits per heavy atom.